The Morgan fingerprint density at radius 3 is 2.82 bits per heavy atom. The standard InChI is InChI=1S/C17H30N2O3/c1-3-22-11-16(20)19-7-6-17(13-19)12-18(8-14-4-5-14)9-15(17)10-21-2/h14-15H,3-13H2,1-2H3/t15-,17+/m0/s1. The van der Waals surface area contributed by atoms with Gasteiger partial charge in [-0.15, -0.1) is 0 Å². The van der Waals surface area contributed by atoms with E-state index in [1.54, 1.807) is 7.11 Å². The molecule has 0 bridgehead atoms. The van der Waals surface area contributed by atoms with Crippen LogP contribution in [0.2, 0.25) is 0 Å². The maximum atomic E-state index is 12.2. The van der Waals surface area contributed by atoms with Gasteiger partial charge >= 0.3 is 0 Å². The first-order valence-electron chi connectivity index (χ1n) is 8.73. The molecule has 2 saturated heterocycles. The van der Waals surface area contributed by atoms with Crippen LogP contribution in [0.1, 0.15) is 26.2 Å². The molecular weight excluding hydrogens is 280 g/mol. The largest absolute Gasteiger partial charge is 0.384 e. The van der Waals surface area contributed by atoms with E-state index in [1.165, 1.54) is 19.4 Å². The van der Waals surface area contributed by atoms with Gasteiger partial charge in [0.2, 0.25) is 5.91 Å². The number of hydrogen-bond donors (Lipinski definition) is 0. The molecule has 0 aromatic heterocycles. The molecule has 3 rings (SSSR count). The third-order valence-electron chi connectivity index (χ3n) is 5.63. The van der Waals surface area contributed by atoms with Crippen molar-refractivity contribution in [3.8, 4) is 0 Å². The molecule has 2 heterocycles. The monoisotopic (exact) mass is 310 g/mol. The predicted molar refractivity (Wildman–Crippen MR) is 84.7 cm³/mol. The molecule has 3 fully saturated rings. The third-order valence-corrected chi connectivity index (χ3v) is 5.63. The lowest BCUT2D eigenvalue weighted by Gasteiger charge is -2.30. The zero-order chi connectivity index (χ0) is 15.6. The highest BCUT2D eigenvalue weighted by molar-refractivity contribution is 5.77. The minimum absolute atomic E-state index is 0.149. The van der Waals surface area contributed by atoms with Crippen molar-refractivity contribution in [2.24, 2.45) is 17.3 Å². The van der Waals surface area contributed by atoms with Gasteiger partial charge in [-0.05, 0) is 32.1 Å². The smallest absolute Gasteiger partial charge is 0.248 e. The van der Waals surface area contributed by atoms with E-state index in [-0.39, 0.29) is 17.9 Å². The van der Waals surface area contributed by atoms with Crippen LogP contribution in [-0.2, 0) is 14.3 Å². The second-order valence-corrected chi connectivity index (χ2v) is 7.35. The average Bonchev–Trinajstić information content (AvgIpc) is 3.11. The van der Waals surface area contributed by atoms with Crippen molar-refractivity contribution in [3.63, 3.8) is 0 Å². The number of ether oxygens (including phenoxy) is 2. The fourth-order valence-electron chi connectivity index (χ4n) is 4.23. The van der Waals surface area contributed by atoms with Crippen LogP contribution in [0.15, 0.2) is 0 Å². The predicted octanol–water partition coefficient (Wildman–Crippen LogP) is 1.23. The van der Waals surface area contributed by atoms with Crippen LogP contribution in [0.5, 0.6) is 0 Å². The fraction of sp³-hybridized carbons (Fsp3) is 0.941. The van der Waals surface area contributed by atoms with E-state index >= 15 is 0 Å². The molecule has 1 amide bonds. The summed E-state index contributed by atoms with van der Waals surface area (Å²) in [6.45, 7) is 8.86. The third kappa shape index (κ3) is 3.47. The molecule has 0 aromatic rings. The molecule has 2 aliphatic heterocycles. The maximum absolute atomic E-state index is 12.2. The Kier molecular flexibility index (Phi) is 5.05. The molecule has 126 valence electrons. The summed E-state index contributed by atoms with van der Waals surface area (Å²) in [6.07, 6.45) is 3.91. The average molecular weight is 310 g/mol. The Balaban J connectivity index is 1.61. The number of rotatable bonds is 7. The van der Waals surface area contributed by atoms with Gasteiger partial charge in [-0.25, -0.2) is 0 Å². The van der Waals surface area contributed by atoms with Crippen molar-refractivity contribution >= 4 is 5.91 Å². The van der Waals surface area contributed by atoms with Crippen molar-refractivity contribution in [3.05, 3.63) is 0 Å². The van der Waals surface area contributed by atoms with Crippen molar-refractivity contribution < 1.29 is 14.3 Å². The lowest BCUT2D eigenvalue weighted by molar-refractivity contribution is -0.135. The molecular formula is C17H30N2O3. The Bertz CT molecular complexity index is 399. The molecule has 1 aliphatic carbocycles. The van der Waals surface area contributed by atoms with Crippen molar-refractivity contribution in [2.45, 2.75) is 26.2 Å². The van der Waals surface area contributed by atoms with Crippen LogP contribution >= 0.6 is 0 Å². The van der Waals surface area contributed by atoms with Gasteiger partial charge in [0.05, 0.1) is 6.61 Å². The highest BCUT2D eigenvalue weighted by Crippen LogP contribution is 2.45. The topological polar surface area (TPSA) is 42.0 Å². The number of methoxy groups -OCH3 is 1. The number of carbonyl (C=O) groups excluding carboxylic acids is 1. The summed E-state index contributed by atoms with van der Waals surface area (Å²) in [5.74, 6) is 1.63. The molecule has 1 saturated carbocycles. The molecule has 0 N–H and O–H groups in total. The highest BCUT2D eigenvalue weighted by Gasteiger charge is 2.51. The number of nitrogens with zero attached hydrogens (tertiary/aromatic N) is 2. The first kappa shape index (κ1) is 16.2. The van der Waals surface area contributed by atoms with Crippen LogP contribution in [-0.4, -0.2) is 75.4 Å². The van der Waals surface area contributed by atoms with Gasteiger partial charge in [-0.1, -0.05) is 0 Å². The van der Waals surface area contributed by atoms with E-state index in [1.807, 2.05) is 11.8 Å². The normalized spacial score (nSPS) is 32.3. The summed E-state index contributed by atoms with van der Waals surface area (Å²) in [5, 5.41) is 0. The summed E-state index contributed by atoms with van der Waals surface area (Å²) in [5.41, 5.74) is 0.243. The fourth-order valence-corrected chi connectivity index (χ4v) is 4.23. The Morgan fingerprint density at radius 2 is 2.14 bits per heavy atom. The van der Waals surface area contributed by atoms with Gasteiger partial charge in [0, 0.05) is 57.8 Å². The van der Waals surface area contributed by atoms with E-state index in [4.69, 9.17) is 9.47 Å². The van der Waals surface area contributed by atoms with Crippen LogP contribution in [0.4, 0.5) is 0 Å². The summed E-state index contributed by atoms with van der Waals surface area (Å²) in [7, 11) is 1.80. The molecule has 0 radical (unpaired) electrons. The Labute approximate surface area is 133 Å². The minimum Gasteiger partial charge on any atom is -0.384 e. The SMILES string of the molecule is CCOCC(=O)N1CC[C@@]2(CN(CC3CC3)C[C@H]2COC)C1. The Morgan fingerprint density at radius 1 is 1.32 bits per heavy atom. The minimum atomic E-state index is 0.149. The van der Waals surface area contributed by atoms with Crippen molar-refractivity contribution in [1.82, 2.24) is 9.80 Å². The lowest BCUT2D eigenvalue weighted by Crippen LogP contribution is -2.39. The summed E-state index contributed by atoms with van der Waals surface area (Å²) >= 11 is 0. The molecule has 0 unspecified atom stereocenters. The van der Waals surface area contributed by atoms with Crippen LogP contribution in [0.3, 0.4) is 0 Å². The molecule has 2 atom stereocenters. The van der Waals surface area contributed by atoms with Gasteiger partial charge in [-0.3, -0.25) is 4.79 Å². The van der Waals surface area contributed by atoms with E-state index in [0.717, 1.165) is 45.1 Å². The molecule has 1 spiro atoms. The Hall–Kier alpha value is -0.650. The zero-order valence-corrected chi connectivity index (χ0v) is 14.1. The maximum Gasteiger partial charge on any atom is 0.248 e. The van der Waals surface area contributed by atoms with Gasteiger partial charge < -0.3 is 19.3 Å². The molecule has 5 heteroatoms. The van der Waals surface area contributed by atoms with Crippen molar-refractivity contribution in [1.29, 1.82) is 0 Å². The van der Waals surface area contributed by atoms with Crippen LogP contribution in [0, 0.1) is 17.3 Å². The van der Waals surface area contributed by atoms with Gasteiger partial charge in [0.25, 0.3) is 0 Å². The molecule has 3 aliphatic rings. The second kappa shape index (κ2) is 6.85. The summed E-state index contributed by atoms with van der Waals surface area (Å²) in [4.78, 5) is 16.9. The van der Waals surface area contributed by atoms with Crippen molar-refractivity contribution in [2.75, 3.05) is 59.7 Å². The van der Waals surface area contributed by atoms with E-state index < -0.39 is 0 Å². The van der Waals surface area contributed by atoms with E-state index in [0.29, 0.717) is 12.5 Å². The zero-order valence-electron chi connectivity index (χ0n) is 14.1. The van der Waals surface area contributed by atoms with Gasteiger partial charge in [-0.2, -0.15) is 0 Å². The number of amides is 1. The molecule has 5 nitrogen and oxygen atoms in total. The van der Waals surface area contributed by atoms with E-state index in [9.17, 15) is 4.79 Å². The second-order valence-electron chi connectivity index (χ2n) is 7.35. The number of hydrogen-bond acceptors (Lipinski definition) is 4. The van der Waals surface area contributed by atoms with Crippen LogP contribution < -0.4 is 0 Å². The lowest BCUT2D eigenvalue weighted by atomic mass is 9.77. The van der Waals surface area contributed by atoms with E-state index in [2.05, 4.69) is 4.90 Å². The highest BCUT2D eigenvalue weighted by atomic mass is 16.5. The van der Waals surface area contributed by atoms with Gasteiger partial charge in [0.1, 0.15) is 6.61 Å². The molecule has 22 heavy (non-hydrogen) atoms. The first-order valence-corrected chi connectivity index (χ1v) is 8.73. The van der Waals surface area contributed by atoms with Gasteiger partial charge in [0.15, 0.2) is 0 Å². The molecule has 0 aromatic carbocycles. The first-order chi connectivity index (χ1) is 10.7. The summed E-state index contributed by atoms with van der Waals surface area (Å²) < 4.78 is 10.8. The summed E-state index contributed by atoms with van der Waals surface area (Å²) in [6, 6.07) is 0. The number of carbonyl (C=O) groups is 1. The quantitative estimate of drug-likeness (QED) is 0.709. The number of likely N-dealkylation sites (tertiary alicyclic amines) is 2. The van der Waals surface area contributed by atoms with Crippen LogP contribution in [0.25, 0.3) is 0 Å².